The van der Waals surface area contributed by atoms with E-state index in [1.165, 1.54) is 0 Å². The molecule has 0 spiro atoms. The highest BCUT2D eigenvalue weighted by Crippen LogP contribution is 2.10. The number of ether oxygens (including phenoxy) is 3. The average molecular weight is 500 g/mol. The van der Waals surface area contributed by atoms with E-state index in [1.807, 2.05) is 20.8 Å². The molecule has 1 amide bonds. The van der Waals surface area contributed by atoms with E-state index in [2.05, 4.69) is 20.9 Å². The van der Waals surface area contributed by atoms with Gasteiger partial charge in [0.05, 0.1) is 6.10 Å². The Labute approximate surface area is 180 Å². The zero-order valence-corrected chi connectivity index (χ0v) is 19.5. The van der Waals surface area contributed by atoms with E-state index in [4.69, 9.17) is 14.2 Å². The highest BCUT2D eigenvalue weighted by atomic mass is 127. The minimum Gasteiger partial charge on any atom is -0.444 e. The second-order valence-electron chi connectivity index (χ2n) is 7.24. The molecular weight excluding hydrogens is 463 g/mol. The first-order valence-electron chi connectivity index (χ1n) is 9.51. The average Bonchev–Trinajstić information content (AvgIpc) is 2.58. The molecule has 3 N–H and O–H groups in total. The van der Waals surface area contributed by atoms with Crippen LogP contribution in [-0.2, 0) is 14.2 Å². The molecule has 27 heavy (non-hydrogen) atoms. The van der Waals surface area contributed by atoms with Crippen LogP contribution in [0.2, 0.25) is 0 Å². The molecule has 0 bridgehead atoms. The molecule has 0 aromatic heterocycles. The van der Waals surface area contributed by atoms with Crippen LogP contribution in [0.3, 0.4) is 0 Å². The number of hydrogen-bond acceptors (Lipinski definition) is 5. The molecule has 1 rings (SSSR count). The van der Waals surface area contributed by atoms with Crippen molar-refractivity contribution < 1.29 is 19.0 Å². The SMILES string of the molecule is CN=C(NCCCNC(=O)OC(C)(C)C)NCCCOC1CCOCC1.I. The predicted molar refractivity (Wildman–Crippen MR) is 118 cm³/mol. The van der Waals surface area contributed by atoms with Gasteiger partial charge in [0, 0.05) is 46.5 Å². The first-order chi connectivity index (χ1) is 12.4. The van der Waals surface area contributed by atoms with Gasteiger partial charge in [-0.2, -0.15) is 0 Å². The Balaban J connectivity index is 0.00000676. The van der Waals surface area contributed by atoms with E-state index < -0.39 is 5.60 Å². The molecule has 0 radical (unpaired) electrons. The van der Waals surface area contributed by atoms with Gasteiger partial charge in [-0.15, -0.1) is 24.0 Å². The van der Waals surface area contributed by atoms with Gasteiger partial charge in [0.2, 0.25) is 0 Å². The van der Waals surface area contributed by atoms with Crippen molar-refractivity contribution in [3.8, 4) is 0 Å². The van der Waals surface area contributed by atoms with Crippen LogP contribution in [0, 0.1) is 0 Å². The summed E-state index contributed by atoms with van der Waals surface area (Å²) in [6.45, 7) is 9.97. The number of rotatable bonds is 9. The Morgan fingerprint density at radius 1 is 1.07 bits per heavy atom. The van der Waals surface area contributed by atoms with Gasteiger partial charge >= 0.3 is 6.09 Å². The molecule has 1 aliphatic rings. The van der Waals surface area contributed by atoms with Gasteiger partial charge in [-0.25, -0.2) is 4.79 Å². The lowest BCUT2D eigenvalue weighted by atomic mass is 10.1. The molecule has 0 unspecified atom stereocenters. The lowest BCUT2D eigenvalue weighted by molar-refractivity contribution is -0.0320. The quantitative estimate of drug-likeness (QED) is 0.195. The molecule has 9 heteroatoms. The molecule has 160 valence electrons. The number of halogens is 1. The molecule has 0 aliphatic carbocycles. The maximum Gasteiger partial charge on any atom is 0.407 e. The number of nitrogens with one attached hydrogen (secondary N) is 3. The number of aliphatic imine (C=N–C) groups is 1. The second kappa shape index (κ2) is 15.2. The number of carbonyl (C=O) groups excluding carboxylic acids is 1. The van der Waals surface area contributed by atoms with Crippen LogP contribution in [0.5, 0.6) is 0 Å². The number of alkyl carbamates (subject to hydrolysis) is 1. The Bertz CT molecular complexity index is 424. The maximum absolute atomic E-state index is 11.5. The van der Waals surface area contributed by atoms with Crippen molar-refractivity contribution in [1.29, 1.82) is 0 Å². The molecule has 0 saturated carbocycles. The fourth-order valence-electron chi connectivity index (χ4n) is 2.39. The van der Waals surface area contributed by atoms with E-state index in [0.717, 1.165) is 58.0 Å². The Morgan fingerprint density at radius 3 is 2.26 bits per heavy atom. The van der Waals surface area contributed by atoms with Crippen LogP contribution in [0.1, 0.15) is 46.5 Å². The summed E-state index contributed by atoms with van der Waals surface area (Å²) in [5, 5.41) is 9.22. The summed E-state index contributed by atoms with van der Waals surface area (Å²) in [7, 11) is 1.74. The van der Waals surface area contributed by atoms with Gasteiger partial charge < -0.3 is 30.2 Å². The summed E-state index contributed by atoms with van der Waals surface area (Å²) in [6.07, 6.45) is 3.66. The van der Waals surface area contributed by atoms with Crippen LogP contribution in [0.15, 0.2) is 4.99 Å². The highest BCUT2D eigenvalue weighted by molar-refractivity contribution is 14.0. The molecule has 8 nitrogen and oxygen atoms in total. The standard InChI is InChI=1S/C18H36N4O4.HI/c1-18(2,3)26-17(23)22-10-5-9-20-16(19-4)21-11-6-12-25-15-7-13-24-14-8-15;/h15H,5-14H2,1-4H3,(H,22,23)(H2,19,20,21);1H. The molecule has 1 fully saturated rings. The van der Waals surface area contributed by atoms with Gasteiger partial charge in [0.25, 0.3) is 0 Å². The minimum atomic E-state index is -0.469. The third-order valence-corrected chi connectivity index (χ3v) is 3.67. The second-order valence-corrected chi connectivity index (χ2v) is 7.24. The smallest absolute Gasteiger partial charge is 0.407 e. The topological polar surface area (TPSA) is 93.2 Å². The summed E-state index contributed by atoms with van der Waals surface area (Å²) in [5.41, 5.74) is -0.469. The van der Waals surface area contributed by atoms with Crippen molar-refractivity contribution >= 4 is 36.0 Å². The number of nitrogens with zero attached hydrogens (tertiary/aromatic N) is 1. The summed E-state index contributed by atoms with van der Waals surface area (Å²) in [4.78, 5) is 15.7. The van der Waals surface area contributed by atoms with Crippen molar-refractivity contribution in [2.45, 2.75) is 58.2 Å². The first kappa shape index (κ1) is 26.2. The monoisotopic (exact) mass is 500 g/mol. The van der Waals surface area contributed by atoms with E-state index in [1.54, 1.807) is 7.05 Å². The maximum atomic E-state index is 11.5. The number of amides is 1. The van der Waals surface area contributed by atoms with Crippen molar-refractivity contribution in [1.82, 2.24) is 16.0 Å². The normalized spacial score (nSPS) is 15.6. The third kappa shape index (κ3) is 14.9. The predicted octanol–water partition coefficient (Wildman–Crippen LogP) is 2.27. The molecule has 0 aromatic carbocycles. The van der Waals surface area contributed by atoms with Gasteiger partial charge in [0.1, 0.15) is 5.60 Å². The Kier molecular flexibility index (Phi) is 14.7. The summed E-state index contributed by atoms with van der Waals surface area (Å²) in [6, 6.07) is 0. The van der Waals surface area contributed by atoms with E-state index >= 15 is 0 Å². The van der Waals surface area contributed by atoms with Gasteiger partial charge in [0.15, 0.2) is 5.96 Å². The van der Waals surface area contributed by atoms with Gasteiger partial charge in [-0.3, -0.25) is 4.99 Å². The molecule has 1 heterocycles. The van der Waals surface area contributed by atoms with Gasteiger partial charge in [-0.1, -0.05) is 0 Å². The molecule has 0 atom stereocenters. The fraction of sp³-hybridized carbons (Fsp3) is 0.889. The lowest BCUT2D eigenvalue weighted by Gasteiger charge is -2.22. The van der Waals surface area contributed by atoms with E-state index in [0.29, 0.717) is 19.2 Å². The van der Waals surface area contributed by atoms with Crippen LogP contribution >= 0.6 is 24.0 Å². The minimum absolute atomic E-state index is 0. The molecule has 1 saturated heterocycles. The van der Waals surface area contributed by atoms with Crippen molar-refractivity contribution in [2.24, 2.45) is 4.99 Å². The van der Waals surface area contributed by atoms with Crippen LogP contribution in [0.25, 0.3) is 0 Å². The van der Waals surface area contributed by atoms with Crippen LogP contribution in [0.4, 0.5) is 4.79 Å². The zero-order valence-electron chi connectivity index (χ0n) is 17.1. The summed E-state index contributed by atoms with van der Waals surface area (Å²) < 4.78 is 16.3. The summed E-state index contributed by atoms with van der Waals surface area (Å²) in [5.74, 6) is 0.758. The number of carbonyl (C=O) groups is 1. The van der Waals surface area contributed by atoms with Crippen LogP contribution < -0.4 is 16.0 Å². The third-order valence-electron chi connectivity index (χ3n) is 3.67. The van der Waals surface area contributed by atoms with E-state index in [-0.39, 0.29) is 30.1 Å². The Morgan fingerprint density at radius 2 is 1.67 bits per heavy atom. The summed E-state index contributed by atoms with van der Waals surface area (Å²) >= 11 is 0. The van der Waals surface area contributed by atoms with Gasteiger partial charge in [-0.05, 0) is 46.5 Å². The largest absolute Gasteiger partial charge is 0.444 e. The number of guanidine groups is 1. The van der Waals surface area contributed by atoms with Crippen LogP contribution in [-0.4, -0.2) is 70.3 Å². The van der Waals surface area contributed by atoms with Crippen molar-refractivity contribution in [3.05, 3.63) is 0 Å². The first-order valence-corrected chi connectivity index (χ1v) is 9.51. The highest BCUT2D eigenvalue weighted by Gasteiger charge is 2.15. The lowest BCUT2D eigenvalue weighted by Crippen LogP contribution is -2.40. The van der Waals surface area contributed by atoms with E-state index in [9.17, 15) is 4.79 Å². The fourth-order valence-corrected chi connectivity index (χ4v) is 2.39. The van der Waals surface area contributed by atoms with Crippen molar-refractivity contribution in [3.63, 3.8) is 0 Å². The number of hydrogen-bond donors (Lipinski definition) is 3. The van der Waals surface area contributed by atoms with Crippen molar-refractivity contribution in [2.75, 3.05) is 46.5 Å². The Hall–Kier alpha value is -0.810. The molecule has 1 aliphatic heterocycles. The zero-order chi connectivity index (χ0) is 19.3. The molecular formula is C18H37IN4O4. The molecule has 0 aromatic rings.